The molecule has 0 spiro atoms. The minimum atomic E-state index is -1.52. The van der Waals surface area contributed by atoms with Gasteiger partial charge in [-0.2, -0.15) is 5.01 Å². The standard InChI is InChI=1S/C39H31BrN4O7/c1-21-7-10-24(11-8-21)41-43-36(47)31-20-29-27(16-17-28-33(29)37(48)42(35(28)46)25-12-14-26(15-13-25)44(50)51)34(30-19-23(40)9-18-32(30)45)39(31,38(43)49)22-5-3-2-4-6-22/h2-16,18-19,28-29,31,33-34,41,45H,17,20H2,1H3/t28-,29+,31-,33-,34+,39+/m0/s1. The van der Waals surface area contributed by atoms with Gasteiger partial charge in [-0.05, 0) is 73.7 Å². The number of non-ortho nitro benzene ring substituents is 1. The van der Waals surface area contributed by atoms with Gasteiger partial charge in [0.05, 0.1) is 39.5 Å². The van der Waals surface area contributed by atoms with Crippen LogP contribution in [0, 0.1) is 40.7 Å². The Bertz CT molecular complexity index is 2170. The number of phenols is 1. The number of halogens is 1. The van der Waals surface area contributed by atoms with Gasteiger partial charge in [0.25, 0.3) is 17.5 Å². The first-order chi connectivity index (χ1) is 24.5. The Balaban J connectivity index is 1.30. The SMILES string of the molecule is Cc1ccc(NN2C(=O)[C@@H]3C[C@@H]4C(=CC[C@@H]5C(=O)N(c6ccc([N+](=O)[O-])cc6)C(=O)[C@@H]54)[C@H](c4cc(Br)ccc4O)[C@]3(c3ccccc3)C2=O)cc1. The average Bonchev–Trinajstić information content (AvgIpc) is 3.51. The number of phenolic OH excluding ortho intramolecular Hbond substituents is 1. The molecule has 6 atom stereocenters. The van der Waals surface area contributed by atoms with E-state index in [1.807, 2.05) is 55.5 Å². The van der Waals surface area contributed by atoms with E-state index in [9.17, 15) is 29.6 Å². The van der Waals surface area contributed by atoms with Crippen molar-refractivity contribution in [1.29, 1.82) is 0 Å². The van der Waals surface area contributed by atoms with Crippen molar-refractivity contribution >= 4 is 56.6 Å². The largest absolute Gasteiger partial charge is 0.508 e. The lowest BCUT2D eigenvalue weighted by Gasteiger charge is -2.50. The summed E-state index contributed by atoms with van der Waals surface area (Å²) >= 11 is 3.54. The molecule has 2 aliphatic heterocycles. The Kier molecular flexibility index (Phi) is 7.67. The molecule has 11 nitrogen and oxygen atoms in total. The molecule has 0 radical (unpaired) electrons. The molecule has 8 rings (SSSR count). The van der Waals surface area contributed by atoms with Gasteiger partial charge in [0.2, 0.25) is 11.8 Å². The highest BCUT2D eigenvalue weighted by molar-refractivity contribution is 9.10. The third kappa shape index (κ3) is 4.84. The number of nitro groups is 1. The summed E-state index contributed by atoms with van der Waals surface area (Å²) in [6, 6.07) is 26.6. The minimum Gasteiger partial charge on any atom is -0.508 e. The first kappa shape index (κ1) is 32.6. The van der Waals surface area contributed by atoms with Crippen LogP contribution in [0.1, 0.15) is 35.4 Å². The number of imide groups is 2. The number of nitrogens with one attached hydrogen (secondary N) is 1. The molecule has 0 aromatic heterocycles. The Morgan fingerprint density at radius 3 is 2.27 bits per heavy atom. The summed E-state index contributed by atoms with van der Waals surface area (Å²) < 4.78 is 0.648. The van der Waals surface area contributed by atoms with E-state index < -0.39 is 63.6 Å². The number of nitro benzene ring substituents is 1. The van der Waals surface area contributed by atoms with Gasteiger partial charge >= 0.3 is 0 Å². The Labute approximate surface area is 300 Å². The number of allylic oxidation sites excluding steroid dienone is 2. The number of aryl methyl sites for hydroxylation is 1. The summed E-state index contributed by atoms with van der Waals surface area (Å²) in [5.74, 6) is -6.04. The van der Waals surface area contributed by atoms with Crippen LogP contribution in [0.25, 0.3) is 0 Å². The molecule has 4 aromatic rings. The van der Waals surface area contributed by atoms with E-state index >= 15 is 4.79 Å². The molecule has 1 saturated carbocycles. The van der Waals surface area contributed by atoms with Gasteiger partial charge in [-0.15, -0.1) is 0 Å². The maximum atomic E-state index is 15.2. The van der Waals surface area contributed by atoms with Gasteiger partial charge in [0.1, 0.15) is 5.75 Å². The highest BCUT2D eigenvalue weighted by Crippen LogP contribution is 2.65. The summed E-state index contributed by atoms with van der Waals surface area (Å²) in [5, 5.41) is 23.9. The molecule has 12 heteroatoms. The van der Waals surface area contributed by atoms with Gasteiger partial charge in [0.15, 0.2) is 0 Å². The van der Waals surface area contributed by atoms with E-state index in [-0.39, 0.29) is 30.0 Å². The van der Waals surface area contributed by atoms with Crippen LogP contribution in [0.3, 0.4) is 0 Å². The Morgan fingerprint density at radius 2 is 1.59 bits per heavy atom. The van der Waals surface area contributed by atoms with Gasteiger partial charge < -0.3 is 5.11 Å². The van der Waals surface area contributed by atoms with Gasteiger partial charge in [-0.1, -0.05) is 75.6 Å². The van der Waals surface area contributed by atoms with E-state index in [1.165, 1.54) is 30.3 Å². The summed E-state index contributed by atoms with van der Waals surface area (Å²) in [7, 11) is 0. The quantitative estimate of drug-likeness (QED) is 0.0975. The lowest BCUT2D eigenvalue weighted by molar-refractivity contribution is -0.384. The molecule has 2 N–H and O–H groups in total. The fourth-order valence-electron chi connectivity index (χ4n) is 8.83. The topological polar surface area (TPSA) is 150 Å². The first-order valence-corrected chi connectivity index (χ1v) is 17.4. The molecule has 256 valence electrons. The van der Waals surface area contributed by atoms with E-state index in [1.54, 1.807) is 24.3 Å². The summed E-state index contributed by atoms with van der Waals surface area (Å²) in [6.07, 6.45) is 2.20. The van der Waals surface area contributed by atoms with Crippen LogP contribution >= 0.6 is 15.9 Å². The van der Waals surface area contributed by atoms with E-state index in [0.717, 1.165) is 15.5 Å². The number of hydrazine groups is 1. The second-order valence-corrected chi connectivity index (χ2v) is 14.5. The molecule has 3 fully saturated rings. The van der Waals surface area contributed by atoms with Crippen LogP contribution in [0.4, 0.5) is 17.1 Å². The van der Waals surface area contributed by atoms with Crippen LogP contribution < -0.4 is 10.3 Å². The number of amides is 4. The average molecular weight is 748 g/mol. The highest BCUT2D eigenvalue weighted by Gasteiger charge is 2.70. The van der Waals surface area contributed by atoms with Gasteiger partial charge in [-0.3, -0.25) is 39.6 Å². The predicted molar refractivity (Wildman–Crippen MR) is 190 cm³/mol. The van der Waals surface area contributed by atoms with Gasteiger partial charge in [-0.25, -0.2) is 0 Å². The smallest absolute Gasteiger partial charge is 0.269 e. The van der Waals surface area contributed by atoms with Crippen LogP contribution in [0.15, 0.2) is 113 Å². The van der Waals surface area contributed by atoms with E-state index in [0.29, 0.717) is 26.9 Å². The molecule has 51 heavy (non-hydrogen) atoms. The Hall–Kier alpha value is -5.62. The second-order valence-electron chi connectivity index (χ2n) is 13.6. The number of hydrogen-bond acceptors (Lipinski definition) is 8. The second kappa shape index (κ2) is 12.0. The molecule has 2 aliphatic carbocycles. The number of nitrogens with zero attached hydrogens (tertiary/aromatic N) is 3. The molecule has 0 bridgehead atoms. The van der Waals surface area contributed by atoms with Crippen molar-refractivity contribution in [3.63, 3.8) is 0 Å². The number of hydrogen-bond donors (Lipinski definition) is 2. The van der Waals surface area contributed by atoms with E-state index in [4.69, 9.17) is 0 Å². The number of aromatic hydroxyl groups is 1. The molecule has 4 aliphatic rings. The first-order valence-electron chi connectivity index (χ1n) is 16.6. The normalized spacial score (nSPS) is 26.8. The lowest BCUT2D eigenvalue weighted by Crippen LogP contribution is -2.53. The lowest BCUT2D eigenvalue weighted by atomic mass is 9.49. The van der Waals surface area contributed by atoms with Crippen molar-refractivity contribution in [1.82, 2.24) is 5.01 Å². The van der Waals surface area contributed by atoms with Crippen LogP contribution in [-0.2, 0) is 24.6 Å². The van der Waals surface area contributed by atoms with Crippen molar-refractivity contribution < 1.29 is 29.2 Å². The predicted octanol–water partition coefficient (Wildman–Crippen LogP) is 6.56. The minimum absolute atomic E-state index is 0.0764. The van der Waals surface area contributed by atoms with Gasteiger partial charge in [0, 0.05) is 28.1 Å². The molecule has 4 amide bonds. The fourth-order valence-corrected chi connectivity index (χ4v) is 9.20. The van der Waals surface area contributed by atoms with Crippen molar-refractivity contribution in [2.75, 3.05) is 10.3 Å². The van der Waals surface area contributed by atoms with Crippen molar-refractivity contribution in [2.24, 2.45) is 23.7 Å². The molecule has 4 aromatic carbocycles. The molecule has 2 saturated heterocycles. The maximum Gasteiger partial charge on any atom is 0.269 e. The van der Waals surface area contributed by atoms with Crippen molar-refractivity contribution in [2.45, 2.75) is 31.1 Å². The zero-order valence-electron chi connectivity index (χ0n) is 27.2. The molecule has 0 unspecified atom stereocenters. The fraction of sp³-hybridized carbons (Fsp3) is 0.231. The molecular formula is C39H31BrN4O7. The number of carbonyl (C=O) groups excluding carboxylic acids is 4. The number of anilines is 2. The van der Waals surface area contributed by atoms with Crippen molar-refractivity contribution in [3.05, 3.63) is 140 Å². The number of benzene rings is 4. The maximum absolute atomic E-state index is 15.2. The van der Waals surface area contributed by atoms with Crippen LogP contribution in [0.5, 0.6) is 5.75 Å². The summed E-state index contributed by atoms with van der Waals surface area (Å²) in [4.78, 5) is 70.2. The van der Waals surface area contributed by atoms with E-state index in [2.05, 4.69) is 21.4 Å². The van der Waals surface area contributed by atoms with Crippen LogP contribution in [0.2, 0.25) is 0 Å². The zero-order valence-corrected chi connectivity index (χ0v) is 28.8. The zero-order chi connectivity index (χ0) is 35.8. The summed E-state index contributed by atoms with van der Waals surface area (Å²) in [5.41, 5.74) is 4.85. The number of fused-ring (bicyclic) bond motifs is 4. The Morgan fingerprint density at radius 1 is 0.882 bits per heavy atom. The third-order valence-electron chi connectivity index (χ3n) is 11.0. The highest BCUT2D eigenvalue weighted by atomic mass is 79.9. The third-order valence-corrected chi connectivity index (χ3v) is 11.5. The van der Waals surface area contributed by atoms with Crippen LogP contribution in [-0.4, -0.2) is 38.7 Å². The monoisotopic (exact) mass is 746 g/mol. The molecule has 2 heterocycles. The number of rotatable bonds is 6. The molecular weight excluding hydrogens is 716 g/mol. The number of carbonyl (C=O) groups is 4. The summed E-state index contributed by atoms with van der Waals surface area (Å²) in [6.45, 7) is 1.94. The van der Waals surface area contributed by atoms with Crippen molar-refractivity contribution in [3.8, 4) is 5.75 Å².